The number of unbranched alkanes of at least 4 members (excludes halogenated alkanes) is 1. The van der Waals surface area contributed by atoms with Crippen molar-refractivity contribution in [1.29, 1.82) is 0 Å². The normalized spacial score (nSPS) is 11.9. The third kappa shape index (κ3) is 8.35. The van der Waals surface area contributed by atoms with Crippen LogP contribution in [-0.4, -0.2) is 45.2 Å². The van der Waals surface area contributed by atoms with E-state index in [1.165, 1.54) is 4.31 Å². The summed E-state index contributed by atoms with van der Waals surface area (Å²) in [6.45, 7) is 8.02. The van der Waals surface area contributed by atoms with Crippen molar-refractivity contribution in [3.63, 3.8) is 0 Å². The van der Waals surface area contributed by atoms with Gasteiger partial charge in [0.15, 0.2) is 0 Å². The van der Waals surface area contributed by atoms with Crippen molar-refractivity contribution in [2.24, 2.45) is 0 Å². The second-order valence-corrected chi connectivity index (χ2v) is 6.37. The number of nitrogens with zero attached hydrogens (tertiary/aromatic N) is 1. The molecule has 0 bridgehead atoms. The summed E-state index contributed by atoms with van der Waals surface area (Å²) in [7, 11) is -1.42. The Kier molecular flexibility index (Phi) is 9.40. The second kappa shape index (κ2) is 9.62. The maximum Gasteiger partial charge on any atom is 0.213 e. The molecule has 0 fully saturated rings. The van der Waals surface area contributed by atoms with Crippen LogP contribution in [0.2, 0.25) is 0 Å². The zero-order valence-corrected chi connectivity index (χ0v) is 11.9. The minimum absolute atomic E-state index is 0.230. The highest BCUT2D eigenvalue weighted by Gasteiger charge is 2.16. The van der Waals surface area contributed by atoms with E-state index < -0.39 is 10.0 Å². The molecule has 0 aromatic carbocycles. The lowest BCUT2D eigenvalue weighted by Crippen LogP contribution is -2.31. The average molecular weight is 262 g/mol. The molecule has 0 aromatic rings. The predicted molar refractivity (Wildman–Crippen MR) is 73.6 cm³/mol. The molecule has 0 heterocycles. The monoisotopic (exact) mass is 262 g/mol. The summed E-state index contributed by atoms with van der Waals surface area (Å²) < 4.78 is 25.1. The van der Waals surface area contributed by atoms with Gasteiger partial charge in [0.2, 0.25) is 10.0 Å². The Balaban J connectivity index is 3.80. The fourth-order valence-corrected chi connectivity index (χ4v) is 2.66. The van der Waals surface area contributed by atoms with Gasteiger partial charge in [-0.3, -0.25) is 0 Å². The van der Waals surface area contributed by atoms with Crippen molar-refractivity contribution in [2.45, 2.75) is 32.6 Å². The van der Waals surface area contributed by atoms with Crippen molar-refractivity contribution < 1.29 is 8.42 Å². The molecule has 4 nitrogen and oxygen atoms in total. The highest BCUT2D eigenvalue weighted by atomic mass is 32.2. The van der Waals surface area contributed by atoms with Gasteiger partial charge in [0.05, 0.1) is 5.75 Å². The predicted octanol–water partition coefficient (Wildman–Crippen LogP) is 1.60. The van der Waals surface area contributed by atoms with Crippen molar-refractivity contribution in [1.82, 2.24) is 9.62 Å². The fraction of sp³-hybridized carbons (Fsp3) is 0.833. The number of hydrogen-bond acceptors (Lipinski definition) is 3. The first-order valence-corrected chi connectivity index (χ1v) is 7.91. The van der Waals surface area contributed by atoms with Gasteiger partial charge in [0, 0.05) is 13.6 Å². The second-order valence-electron chi connectivity index (χ2n) is 4.17. The zero-order valence-electron chi connectivity index (χ0n) is 11.1. The summed E-state index contributed by atoms with van der Waals surface area (Å²) in [5.74, 6) is 0.230. The number of rotatable bonds is 11. The molecular weight excluding hydrogens is 236 g/mol. The molecule has 0 aliphatic heterocycles. The molecule has 0 rings (SSSR count). The molecule has 0 unspecified atom stereocenters. The van der Waals surface area contributed by atoms with Crippen LogP contribution < -0.4 is 5.32 Å². The van der Waals surface area contributed by atoms with Crippen LogP contribution in [0.4, 0.5) is 0 Å². The van der Waals surface area contributed by atoms with E-state index in [1.807, 2.05) is 6.08 Å². The average Bonchev–Trinajstić information content (AvgIpc) is 2.29. The minimum atomic E-state index is -3.07. The van der Waals surface area contributed by atoms with Crippen LogP contribution in [0, 0.1) is 0 Å². The molecule has 0 aromatic heterocycles. The molecule has 0 aliphatic carbocycles. The van der Waals surface area contributed by atoms with Gasteiger partial charge < -0.3 is 5.32 Å². The number of nitrogens with one attached hydrogen (secondary N) is 1. The Bertz CT molecular complexity index is 289. The van der Waals surface area contributed by atoms with Gasteiger partial charge in [-0.25, -0.2) is 12.7 Å². The van der Waals surface area contributed by atoms with Crippen LogP contribution in [0.5, 0.6) is 0 Å². The maximum absolute atomic E-state index is 11.8. The Labute approximate surface area is 106 Å². The number of allylic oxidation sites excluding steroid dienone is 1. The molecule has 0 aliphatic rings. The van der Waals surface area contributed by atoms with E-state index in [4.69, 9.17) is 0 Å². The lowest BCUT2D eigenvalue weighted by atomic mass is 10.3. The van der Waals surface area contributed by atoms with Gasteiger partial charge >= 0.3 is 0 Å². The van der Waals surface area contributed by atoms with Crippen LogP contribution in [0.1, 0.15) is 32.6 Å². The lowest BCUT2D eigenvalue weighted by Gasteiger charge is -2.16. The van der Waals surface area contributed by atoms with Gasteiger partial charge in [-0.1, -0.05) is 13.0 Å². The maximum atomic E-state index is 11.8. The van der Waals surface area contributed by atoms with Crippen molar-refractivity contribution >= 4 is 10.0 Å². The first-order valence-electron chi connectivity index (χ1n) is 6.30. The summed E-state index contributed by atoms with van der Waals surface area (Å²) in [6.07, 6.45) is 5.27. The summed E-state index contributed by atoms with van der Waals surface area (Å²) in [5.41, 5.74) is 0. The van der Waals surface area contributed by atoms with Crippen LogP contribution in [0.25, 0.3) is 0 Å². The van der Waals surface area contributed by atoms with E-state index in [2.05, 4.69) is 18.8 Å². The summed E-state index contributed by atoms with van der Waals surface area (Å²) in [4.78, 5) is 0. The SMILES string of the molecule is C=CCCCN(C)S(=O)(=O)CCCNCCC. The standard InChI is InChI=1S/C12H26N2O2S/c1-4-6-7-11-14(3)17(15,16)12-8-10-13-9-5-2/h4,13H,1,5-12H2,2-3H3. The van der Waals surface area contributed by atoms with Crippen LogP contribution in [0.3, 0.4) is 0 Å². The molecule has 102 valence electrons. The largest absolute Gasteiger partial charge is 0.317 e. The molecule has 0 saturated heterocycles. The molecule has 0 amide bonds. The smallest absolute Gasteiger partial charge is 0.213 e. The molecular formula is C12H26N2O2S. The van der Waals surface area contributed by atoms with E-state index in [9.17, 15) is 8.42 Å². The molecule has 17 heavy (non-hydrogen) atoms. The fourth-order valence-electron chi connectivity index (χ4n) is 1.43. The Morgan fingerprint density at radius 2 is 2.00 bits per heavy atom. The lowest BCUT2D eigenvalue weighted by molar-refractivity contribution is 0.460. The molecule has 5 heteroatoms. The van der Waals surface area contributed by atoms with Gasteiger partial charge in [-0.05, 0) is 38.8 Å². The third-order valence-corrected chi connectivity index (χ3v) is 4.48. The van der Waals surface area contributed by atoms with Crippen LogP contribution in [0.15, 0.2) is 12.7 Å². The van der Waals surface area contributed by atoms with Crippen molar-refractivity contribution in [2.75, 3.05) is 32.4 Å². The molecule has 0 spiro atoms. The van der Waals surface area contributed by atoms with Gasteiger partial charge in [-0.2, -0.15) is 0 Å². The number of hydrogen-bond donors (Lipinski definition) is 1. The van der Waals surface area contributed by atoms with E-state index >= 15 is 0 Å². The van der Waals surface area contributed by atoms with Gasteiger partial charge in [0.25, 0.3) is 0 Å². The number of sulfonamides is 1. The highest BCUT2D eigenvalue weighted by molar-refractivity contribution is 7.89. The Morgan fingerprint density at radius 3 is 2.59 bits per heavy atom. The minimum Gasteiger partial charge on any atom is -0.317 e. The summed E-state index contributed by atoms with van der Waals surface area (Å²) in [6, 6.07) is 0. The zero-order chi connectivity index (χ0) is 13.1. The van der Waals surface area contributed by atoms with E-state index in [0.717, 1.165) is 32.4 Å². The van der Waals surface area contributed by atoms with Gasteiger partial charge in [-0.15, -0.1) is 6.58 Å². The van der Waals surface area contributed by atoms with E-state index in [-0.39, 0.29) is 5.75 Å². The topological polar surface area (TPSA) is 49.4 Å². The highest BCUT2D eigenvalue weighted by Crippen LogP contribution is 2.03. The van der Waals surface area contributed by atoms with E-state index in [1.54, 1.807) is 7.05 Å². The first kappa shape index (κ1) is 16.6. The van der Waals surface area contributed by atoms with Gasteiger partial charge in [0.1, 0.15) is 0 Å². The van der Waals surface area contributed by atoms with Crippen LogP contribution in [-0.2, 0) is 10.0 Å². The first-order chi connectivity index (χ1) is 8.04. The third-order valence-electron chi connectivity index (χ3n) is 2.54. The molecule has 1 N–H and O–H groups in total. The van der Waals surface area contributed by atoms with Crippen molar-refractivity contribution in [3.05, 3.63) is 12.7 Å². The summed E-state index contributed by atoms with van der Waals surface area (Å²) in [5, 5.41) is 3.20. The molecule has 0 atom stereocenters. The van der Waals surface area contributed by atoms with E-state index in [0.29, 0.717) is 13.0 Å². The Hall–Kier alpha value is -0.390. The summed E-state index contributed by atoms with van der Waals surface area (Å²) >= 11 is 0. The quantitative estimate of drug-likeness (QED) is 0.454. The van der Waals surface area contributed by atoms with Crippen molar-refractivity contribution in [3.8, 4) is 0 Å². The molecule has 0 radical (unpaired) electrons. The molecule has 0 saturated carbocycles. The van der Waals surface area contributed by atoms with Crippen LogP contribution >= 0.6 is 0 Å². The Morgan fingerprint density at radius 1 is 1.29 bits per heavy atom.